The van der Waals surface area contributed by atoms with E-state index in [4.69, 9.17) is 11.6 Å². The summed E-state index contributed by atoms with van der Waals surface area (Å²) in [5, 5.41) is 14.0. The van der Waals surface area contributed by atoms with Crippen LogP contribution in [-0.4, -0.2) is 29.2 Å². The van der Waals surface area contributed by atoms with Crippen LogP contribution in [0.2, 0.25) is 5.02 Å². The SMILES string of the molecule is CCSCC(C)NCC(O)c1ccc(Cl)cc1. The van der Waals surface area contributed by atoms with Gasteiger partial charge in [-0.25, -0.2) is 0 Å². The number of halogens is 1. The zero-order valence-electron chi connectivity index (χ0n) is 10.3. The van der Waals surface area contributed by atoms with Crippen molar-refractivity contribution in [2.24, 2.45) is 0 Å². The molecule has 1 aromatic carbocycles. The Morgan fingerprint density at radius 1 is 1.35 bits per heavy atom. The summed E-state index contributed by atoms with van der Waals surface area (Å²) in [6.07, 6.45) is -0.471. The van der Waals surface area contributed by atoms with Crippen molar-refractivity contribution in [1.29, 1.82) is 0 Å². The van der Waals surface area contributed by atoms with E-state index in [2.05, 4.69) is 19.2 Å². The molecule has 0 bridgehead atoms. The van der Waals surface area contributed by atoms with Gasteiger partial charge in [-0.1, -0.05) is 30.7 Å². The van der Waals surface area contributed by atoms with Crippen LogP contribution in [-0.2, 0) is 0 Å². The molecule has 0 saturated carbocycles. The van der Waals surface area contributed by atoms with Gasteiger partial charge in [-0.3, -0.25) is 0 Å². The summed E-state index contributed by atoms with van der Waals surface area (Å²) in [5.74, 6) is 2.20. The van der Waals surface area contributed by atoms with Crippen LogP contribution < -0.4 is 5.32 Å². The summed E-state index contributed by atoms with van der Waals surface area (Å²) in [6, 6.07) is 7.75. The lowest BCUT2D eigenvalue weighted by molar-refractivity contribution is 0.172. The number of aliphatic hydroxyl groups excluding tert-OH is 1. The summed E-state index contributed by atoms with van der Waals surface area (Å²) in [7, 11) is 0. The van der Waals surface area contributed by atoms with E-state index in [-0.39, 0.29) is 0 Å². The smallest absolute Gasteiger partial charge is 0.0914 e. The number of hydrogen-bond donors (Lipinski definition) is 2. The zero-order chi connectivity index (χ0) is 12.7. The minimum absolute atomic E-state index is 0.418. The van der Waals surface area contributed by atoms with Crippen LogP contribution in [0.3, 0.4) is 0 Å². The molecule has 0 aliphatic heterocycles. The standard InChI is InChI=1S/C13H20ClNOS/c1-3-17-9-10(2)15-8-13(16)11-4-6-12(14)7-5-11/h4-7,10,13,15-16H,3,8-9H2,1-2H3. The van der Waals surface area contributed by atoms with Crippen LogP contribution in [0.15, 0.2) is 24.3 Å². The molecular weight excluding hydrogens is 254 g/mol. The van der Waals surface area contributed by atoms with Crippen LogP contribution in [0.5, 0.6) is 0 Å². The Morgan fingerprint density at radius 3 is 2.59 bits per heavy atom. The third-order valence-corrected chi connectivity index (χ3v) is 3.88. The highest BCUT2D eigenvalue weighted by molar-refractivity contribution is 7.99. The predicted octanol–water partition coefficient (Wildman–Crippen LogP) is 3.10. The lowest BCUT2D eigenvalue weighted by atomic mass is 10.1. The summed E-state index contributed by atoms with van der Waals surface area (Å²) < 4.78 is 0. The van der Waals surface area contributed by atoms with E-state index in [0.29, 0.717) is 17.6 Å². The molecule has 2 N–H and O–H groups in total. The van der Waals surface area contributed by atoms with Gasteiger partial charge in [0.2, 0.25) is 0 Å². The third-order valence-electron chi connectivity index (χ3n) is 2.49. The van der Waals surface area contributed by atoms with Crippen molar-refractivity contribution in [1.82, 2.24) is 5.32 Å². The summed E-state index contributed by atoms with van der Waals surface area (Å²) >= 11 is 7.71. The van der Waals surface area contributed by atoms with E-state index in [9.17, 15) is 5.11 Å². The van der Waals surface area contributed by atoms with Crippen LogP contribution in [0, 0.1) is 0 Å². The number of nitrogens with one attached hydrogen (secondary N) is 1. The van der Waals surface area contributed by atoms with Crippen molar-refractivity contribution in [3.8, 4) is 0 Å². The fourth-order valence-corrected chi connectivity index (χ4v) is 2.30. The van der Waals surface area contributed by atoms with Gasteiger partial charge in [-0.05, 0) is 30.4 Å². The molecule has 0 amide bonds. The molecular formula is C13H20ClNOS. The molecule has 0 heterocycles. The molecule has 1 aromatic rings. The molecule has 2 unspecified atom stereocenters. The molecule has 4 heteroatoms. The second-order valence-corrected chi connectivity index (χ2v) is 5.79. The number of hydrogen-bond acceptors (Lipinski definition) is 3. The third kappa shape index (κ3) is 5.77. The maximum atomic E-state index is 9.97. The van der Waals surface area contributed by atoms with Crippen molar-refractivity contribution >= 4 is 23.4 Å². The van der Waals surface area contributed by atoms with Gasteiger partial charge in [-0.2, -0.15) is 11.8 Å². The molecule has 96 valence electrons. The van der Waals surface area contributed by atoms with Gasteiger partial charge < -0.3 is 10.4 Å². The Bertz CT molecular complexity index is 318. The first-order chi connectivity index (χ1) is 8.13. The Labute approximate surface area is 113 Å². The Balaban J connectivity index is 2.34. The van der Waals surface area contributed by atoms with E-state index < -0.39 is 6.10 Å². The largest absolute Gasteiger partial charge is 0.387 e. The van der Waals surface area contributed by atoms with Crippen molar-refractivity contribution < 1.29 is 5.11 Å². The Kier molecular flexibility index (Phi) is 6.97. The first-order valence-corrected chi connectivity index (χ1v) is 7.41. The molecule has 2 atom stereocenters. The van der Waals surface area contributed by atoms with E-state index >= 15 is 0 Å². The monoisotopic (exact) mass is 273 g/mol. The maximum Gasteiger partial charge on any atom is 0.0914 e. The lowest BCUT2D eigenvalue weighted by Crippen LogP contribution is -2.32. The molecule has 0 aromatic heterocycles. The molecule has 0 radical (unpaired) electrons. The normalized spacial score (nSPS) is 14.6. The van der Waals surface area contributed by atoms with Gasteiger partial charge in [0.1, 0.15) is 0 Å². The molecule has 0 spiro atoms. The minimum atomic E-state index is -0.471. The summed E-state index contributed by atoms with van der Waals surface area (Å²) in [6.45, 7) is 4.87. The zero-order valence-corrected chi connectivity index (χ0v) is 11.9. The predicted molar refractivity (Wildman–Crippen MR) is 76.9 cm³/mol. The molecule has 2 nitrogen and oxygen atoms in total. The topological polar surface area (TPSA) is 32.3 Å². The van der Waals surface area contributed by atoms with Gasteiger partial charge in [0.25, 0.3) is 0 Å². The second-order valence-electron chi connectivity index (χ2n) is 4.04. The van der Waals surface area contributed by atoms with Crippen LogP contribution in [0.4, 0.5) is 0 Å². The van der Waals surface area contributed by atoms with Gasteiger partial charge in [0.15, 0.2) is 0 Å². The van der Waals surface area contributed by atoms with Crippen LogP contribution in [0.25, 0.3) is 0 Å². The quantitative estimate of drug-likeness (QED) is 0.801. The fraction of sp³-hybridized carbons (Fsp3) is 0.538. The highest BCUT2D eigenvalue weighted by Gasteiger charge is 2.09. The van der Waals surface area contributed by atoms with Crippen molar-refractivity contribution in [2.45, 2.75) is 26.0 Å². The molecule has 17 heavy (non-hydrogen) atoms. The Hall–Kier alpha value is -0.220. The molecule has 0 aliphatic rings. The average Bonchev–Trinajstić information content (AvgIpc) is 2.34. The first-order valence-electron chi connectivity index (χ1n) is 5.88. The van der Waals surface area contributed by atoms with E-state index in [0.717, 1.165) is 17.1 Å². The molecule has 0 saturated heterocycles. The number of aliphatic hydroxyl groups is 1. The van der Waals surface area contributed by atoms with Crippen molar-refractivity contribution in [2.75, 3.05) is 18.1 Å². The number of rotatable bonds is 7. The number of benzene rings is 1. The van der Waals surface area contributed by atoms with Crippen LogP contribution in [0.1, 0.15) is 25.5 Å². The second kappa shape index (κ2) is 7.98. The summed E-state index contributed by atoms with van der Waals surface area (Å²) in [4.78, 5) is 0. The van der Waals surface area contributed by atoms with Crippen molar-refractivity contribution in [3.63, 3.8) is 0 Å². The van der Waals surface area contributed by atoms with Gasteiger partial charge in [-0.15, -0.1) is 0 Å². The maximum absolute atomic E-state index is 9.97. The summed E-state index contributed by atoms with van der Waals surface area (Å²) in [5.41, 5.74) is 0.900. The van der Waals surface area contributed by atoms with Crippen molar-refractivity contribution in [3.05, 3.63) is 34.9 Å². The lowest BCUT2D eigenvalue weighted by Gasteiger charge is -2.17. The highest BCUT2D eigenvalue weighted by atomic mass is 35.5. The van der Waals surface area contributed by atoms with Gasteiger partial charge in [0.05, 0.1) is 6.10 Å². The van der Waals surface area contributed by atoms with Gasteiger partial charge >= 0.3 is 0 Å². The number of thioether (sulfide) groups is 1. The average molecular weight is 274 g/mol. The fourth-order valence-electron chi connectivity index (χ4n) is 1.47. The highest BCUT2D eigenvalue weighted by Crippen LogP contribution is 2.16. The van der Waals surface area contributed by atoms with Gasteiger partial charge in [0, 0.05) is 23.4 Å². The van der Waals surface area contributed by atoms with E-state index in [1.807, 2.05) is 23.9 Å². The molecule has 0 aliphatic carbocycles. The van der Waals surface area contributed by atoms with Crippen LogP contribution >= 0.6 is 23.4 Å². The molecule has 0 fully saturated rings. The van der Waals surface area contributed by atoms with E-state index in [1.54, 1.807) is 12.1 Å². The minimum Gasteiger partial charge on any atom is -0.387 e. The molecule has 1 rings (SSSR count). The Morgan fingerprint density at radius 2 is 2.00 bits per heavy atom. The van der Waals surface area contributed by atoms with E-state index in [1.165, 1.54) is 0 Å². The first kappa shape index (κ1) is 14.8.